The summed E-state index contributed by atoms with van der Waals surface area (Å²) in [5, 5.41) is 19.1. The van der Waals surface area contributed by atoms with Crippen LogP contribution in [0, 0.1) is 25.2 Å². The normalized spacial score (nSPS) is 17.2. The van der Waals surface area contributed by atoms with Crippen LogP contribution in [0.15, 0.2) is 10.5 Å². The van der Waals surface area contributed by atoms with Crippen molar-refractivity contribution in [1.82, 2.24) is 0 Å². The second-order valence-electron chi connectivity index (χ2n) is 4.22. The van der Waals surface area contributed by atoms with Gasteiger partial charge >= 0.3 is 0 Å². The van der Waals surface area contributed by atoms with Crippen molar-refractivity contribution >= 4 is 15.9 Å². The van der Waals surface area contributed by atoms with Crippen LogP contribution in [-0.2, 0) is 5.41 Å². The summed E-state index contributed by atoms with van der Waals surface area (Å²) < 4.78 is 0.997. The van der Waals surface area contributed by atoms with Gasteiger partial charge in [0.05, 0.1) is 11.5 Å². The molecule has 0 unspecified atom stereocenters. The lowest BCUT2D eigenvalue weighted by atomic mass is 9.91. The molecule has 1 saturated carbocycles. The van der Waals surface area contributed by atoms with E-state index in [0.29, 0.717) is 0 Å². The lowest BCUT2D eigenvalue weighted by molar-refractivity contribution is 0.463. The highest BCUT2D eigenvalue weighted by atomic mass is 79.9. The van der Waals surface area contributed by atoms with Crippen molar-refractivity contribution in [1.29, 1.82) is 5.26 Å². The van der Waals surface area contributed by atoms with Crippen molar-refractivity contribution in [2.75, 3.05) is 0 Å². The molecule has 1 aromatic carbocycles. The summed E-state index contributed by atoms with van der Waals surface area (Å²) in [5.41, 5.74) is 2.38. The fourth-order valence-corrected chi connectivity index (χ4v) is 2.40. The van der Waals surface area contributed by atoms with E-state index >= 15 is 0 Å². The van der Waals surface area contributed by atoms with Crippen LogP contribution >= 0.6 is 15.9 Å². The quantitative estimate of drug-likeness (QED) is 0.847. The number of aryl methyl sites for hydroxylation is 1. The van der Waals surface area contributed by atoms with Crippen LogP contribution in [0.25, 0.3) is 0 Å². The molecule has 1 fully saturated rings. The number of nitrogens with zero attached hydrogens (tertiary/aromatic N) is 1. The monoisotopic (exact) mass is 265 g/mol. The molecule has 0 atom stereocenters. The van der Waals surface area contributed by atoms with E-state index < -0.39 is 5.41 Å². The molecule has 1 aliphatic rings. The number of rotatable bonds is 1. The first-order chi connectivity index (χ1) is 7.02. The number of nitriles is 1. The summed E-state index contributed by atoms with van der Waals surface area (Å²) in [4.78, 5) is 0. The second kappa shape index (κ2) is 3.24. The third kappa shape index (κ3) is 1.44. The molecule has 0 spiro atoms. The number of phenols is 1. The maximum atomic E-state index is 9.93. The Morgan fingerprint density at radius 2 is 2.07 bits per heavy atom. The smallest absolute Gasteiger partial charge is 0.120 e. The molecule has 0 heterocycles. The van der Waals surface area contributed by atoms with Gasteiger partial charge in [-0.3, -0.25) is 0 Å². The van der Waals surface area contributed by atoms with E-state index in [1.54, 1.807) is 6.07 Å². The van der Waals surface area contributed by atoms with Crippen molar-refractivity contribution < 1.29 is 5.11 Å². The molecule has 0 saturated heterocycles. The molecule has 0 bridgehead atoms. The van der Waals surface area contributed by atoms with E-state index in [9.17, 15) is 5.11 Å². The van der Waals surface area contributed by atoms with E-state index in [1.165, 1.54) is 0 Å². The fourth-order valence-electron chi connectivity index (χ4n) is 2.08. The van der Waals surface area contributed by atoms with Gasteiger partial charge in [-0.1, -0.05) is 15.9 Å². The Bertz CT molecular complexity index is 469. The van der Waals surface area contributed by atoms with Gasteiger partial charge in [0, 0.05) is 10.0 Å². The van der Waals surface area contributed by atoms with Gasteiger partial charge in [0.1, 0.15) is 5.75 Å². The van der Waals surface area contributed by atoms with E-state index in [0.717, 1.165) is 34.0 Å². The average Bonchev–Trinajstić information content (AvgIpc) is 2.96. The Kier molecular flexibility index (Phi) is 2.27. The number of aromatic hydroxyl groups is 1. The van der Waals surface area contributed by atoms with Crippen LogP contribution in [0.4, 0.5) is 0 Å². The first kappa shape index (κ1) is 10.5. The lowest BCUT2D eigenvalue weighted by Gasteiger charge is -2.15. The predicted octanol–water partition coefficient (Wildman–Crippen LogP) is 3.33. The summed E-state index contributed by atoms with van der Waals surface area (Å²) in [7, 11) is 0. The minimum atomic E-state index is -0.426. The third-order valence-electron chi connectivity index (χ3n) is 3.10. The summed E-state index contributed by atoms with van der Waals surface area (Å²) in [6.45, 7) is 3.88. The summed E-state index contributed by atoms with van der Waals surface area (Å²) in [6.07, 6.45) is 1.71. The molecule has 0 aromatic heterocycles. The number of hydrogen-bond donors (Lipinski definition) is 1. The molecule has 0 amide bonds. The SMILES string of the molecule is Cc1cc(O)c(C2(C#N)CC2)c(C)c1Br. The van der Waals surface area contributed by atoms with Gasteiger partial charge in [-0.15, -0.1) is 0 Å². The number of benzene rings is 1. The van der Waals surface area contributed by atoms with E-state index in [-0.39, 0.29) is 5.75 Å². The number of phenolic OH excluding ortho intramolecular Hbond substituents is 1. The first-order valence-electron chi connectivity index (χ1n) is 4.92. The lowest BCUT2D eigenvalue weighted by Crippen LogP contribution is -2.06. The van der Waals surface area contributed by atoms with Crippen LogP contribution in [0.1, 0.15) is 29.5 Å². The Balaban J connectivity index is 2.68. The first-order valence-corrected chi connectivity index (χ1v) is 5.71. The Morgan fingerprint density at radius 3 is 2.53 bits per heavy atom. The summed E-state index contributed by atoms with van der Waals surface area (Å²) in [5.74, 6) is 0.257. The van der Waals surface area contributed by atoms with Gasteiger partial charge in [0.25, 0.3) is 0 Å². The molecule has 0 radical (unpaired) electrons. The van der Waals surface area contributed by atoms with Crippen molar-refractivity contribution in [3.63, 3.8) is 0 Å². The molecular formula is C12H12BrNO. The Labute approximate surface area is 97.7 Å². The molecule has 1 N–H and O–H groups in total. The summed E-state index contributed by atoms with van der Waals surface area (Å²) >= 11 is 3.49. The van der Waals surface area contributed by atoms with Gasteiger partial charge in [0.2, 0.25) is 0 Å². The van der Waals surface area contributed by atoms with Crippen LogP contribution in [0.3, 0.4) is 0 Å². The highest BCUT2D eigenvalue weighted by Gasteiger charge is 2.48. The molecule has 2 nitrogen and oxygen atoms in total. The molecule has 3 heteroatoms. The minimum Gasteiger partial charge on any atom is -0.508 e. The van der Waals surface area contributed by atoms with Crippen molar-refractivity contribution in [2.45, 2.75) is 32.1 Å². The topological polar surface area (TPSA) is 44.0 Å². The average molecular weight is 266 g/mol. The zero-order valence-electron chi connectivity index (χ0n) is 8.76. The van der Waals surface area contributed by atoms with Crippen LogP contribution in [-0.4, -0.2) is 5.11 Å². The van der Waals surface area contributed by atoms with E-state index in [2.05, 4.69) is 22.0 Å². The molecule has 15 heavy (non-hydrogen) atoms. The van der Waals surface area contributed by atoms with Gasteiger partial charge in [-0.25, -0.2) is 0 Å². The van der Waals surface area contributed by atoms with Crippen LogP contribution in [0.5, 0.6) is 5.75 Å². The largest absolute Gasteiger partial charge is 0.508 e. The Morgan fingerprint density at radius 1 is 1.47 bits per heavy atom. The van der Waals surface area contributed by atoms with Gasteiger partial charge in [-0.05, 0) is 43.9 Å². The van der Waals surface area contributed by atoms with Crippen molar-refractivity contribution in [2.24, 2.45) is 0 Å². The second-order valence-corrected chi connectivity index (χ2v) is 5.01. The van der Waals surface area contributed by atoms with Gasteiger partial charge < -0.3 is 5.11 Å². The third-order valence-corrected chi connectivity index (χ3v) is 4.32. The highest BCUT2D eigenvalue weighted by molar-refractivity contribution is 9.10. The number of hydrogen-bond acceptors (Lipinski definition) is 2. The van der Waals surface area contributed by atoms with E-state index in [1.807, 2.05) is 13.8 Å². The highest BCUT2D eigenvalue weighted by Crippen LogP contribution is 2.53. The van der Waals surface area contributed by atoms with E-state index in [4.69, 9.17) is 5.26 Å². The number of halogens is 1. The Hall–Kier alpha value is -1.01. The fraction of sp³-hybridized carbons (Fsp3) is 0.417. The molecule has 2 rings (SSSR count). The van der Waals surface area contributed by atoms with Crippen molar-refractivity contribution in [3.05, 3.63) is 27.2 Å². The zero-order valence-corrected chi connectivity index (χ0v) is 10.3. The minimum absolute atomic E-state index is 0.257. The van der Waals surface area contributed by atoms with Crippen molar-refractivity contribution in [3.8, 4) is 11.8 Å². The van der Waals surface area contributed by atoms with Crippen LogP contribution < -0.4 is 0 Å². The standard InChI is InChI=1S/C12H12BrNO/c1-7-5-9(15)10(8(2)11(7)13)12(6-14)3-4-12/h5,15H,3-4H2,1-2H3. The molecule has 1 aromatic rings. The molecule has 0 aliphatic heterocycles. The van der Waals surface area contributed by atoms with Crippen LogP contribution in [0.2, 0.25) is 0 Å². The molecule has 1 aliphatic carbocycles. The van der Waals surface area contributed by atoms with Gasteiger partial charge in [-0.2, -0.15) is 5.26 Å². The molecular weight excluding hydrogens is 254 g/mol. The molecule has 78 valence electrons. The maximum absolute atomic E-state index is 9.93. The zero-order chi connectivity index (χ0) is 11.2. The predicted molar refractivity (Wildman–Crippen MR) is 61.8 cm³/mol. The van der Waals surface area contributed by atoms with Gasteiger partial charge in [0.15, 0.2) is 0 Å². The summed E-state index contributed by atoms with van der Waals surface area (Å²) in [6, 6.07) is 4.04. The maximum Gasteiger partial charge on any atom is 0.120 e.